The molecule has 7 nitrogen and oxygen atoms in total. The summed E-state index contributed by atoms with van der Waals surface area (Å²) in [5.74, 6) is 0. The van der Waals surface area contributed by atoms with Crippen molar-refractivity contribution in [1.29, 1.82) is 0 Å². The van der Waals surface area contributed by atoms with Crippen LogP contribution in [0.4, 0.5) is 21.0 Å². The summed E-state index contributed by atoms with van der Waals surface area (Å²) in [6.07, 6.45) is 1.81. The van der Waals surface area contributed by atoms with Gasteiger partial charge in [0.05, 0.1) is 5.54 Å². The molecule has 3 rings (SSSR count). The Balaban J connectivity index is 1.95. The second-order valence-electron chi connectivity index (χ2n) is 8.30. The first-order valence-corrected chi connectivity index (χ1v) is 11.3. The number of anilines is 2. The van der Waals surface area contributed by atoms with Crippen molar-refractivity contribution in [2.24, 2.45) is 0 Å². The van der Waals surface area contributed by atoms with Crippen LogP contribution in [0.3, 0.4) is 0 Å². The van der Waals surface area contributed by atoms with Gasteiger partial charge in [0.25, 0.3) is 0 Å². The Kier molecular flexibility index (Phi) is 7.54. The lowest BCUT2D eigenvalue weighted by Crippen LogP contribution is -2.58. The molecule has 0 spiro atoms. The largest absolute Gasteiger partial charge is 0.347 e. The first-order chi connectivity index (χ1) is 15.2. The fourth-order valence-corrected chi connectivity index (χ4v) is 4.36. The van der Waals surface area contributed by atoms with Crippen LogP contribution in [-0.2, 0) is 0 Å². The lowest BCUT2D eigenvalue weighted by molar-refractivity contribution is -0.0949. The standard InChI is InChI=1S/C23H28Cl2N4O3/c1-4-5-6-13-27-22(31)28(19-12-8-10-17(25)15-19)20(23(27,2)3)29(32)21(30)26-18-11-7-9-16(24)14-18/h7-12,14-15,20,32H,4-6,13H2,1-3H3,(H,26,30)/t20-/m1/s1. The highest BCUT2D eigenvalue weighted by atomic mass is 35.5. The molecule has 172 valence electrons. The third-order valence-electron chi connectivity index (χ3n) is 5.60. The van der Waals surface area contributed by atoms with E-state index in [0.29, 0.717) is 33.0 Å². The molecule has 2 aromatic rings. The molecule has 1 aliphatic rings. The van der Waals surface area contributed by atoms with Crippen LogP contribution >= 0.6 is 23.2 Å². The van der Waals surface area contributed by atoms with E-state index in [-0.39, 0.29) is 6.03 Å². The number of hydrogen-bond donors (Lipinski definition) is 2. The summed E-state index contributed by atoms with van der Waals surface area (Å²) in [7, 11) is 0. The molecule has 0 unspecified atom stereocenters. The molecule has 2 N–H and O–H groups in total. The van der Waals surface area contributed by atoms with Crippen LogP contribution in [-0.4, -0.2) is 45.5 Å². The summed E-state index contributed by atoms with van der Waals surface area (Å²) in [5.41, 5.74) is 0.0408. The van der Waals surface area contributed by atoms with E-state index in [4.69, 9.17) is 23.2 Å². The van der Waals surface area contributed by atoms with Crippen molar-refractivity contribution in [2.45, 2.75) is 51.7 Å². The number of nitrogens with one attached hydrogen (secondary N) is 1. The fourth-order valence-electron chi connectivity index (χ4n) is 3.98. The Morgan fingerprint density at radius 1 is 1.12 bits per heavy atom. The summed E-state index contributed by atoms with van der Waals surface area (Å²) in [6, 6.07) is 12.3. The molecule has 0 aromatic heterocycles. The van der Waals surface area contributed by atoms with Crippen molar-refractivity contribution in [3.63, 3.8) is 0 Å². The van der Waals surface area contributed by atoms with Crippen molar-refractivity contribution in [3.8, 4) is 0 Å². The molecule has 1 saturated heterocycles. The Bertz CT molecular complexity index is 985. The number of urea groups is 2. The van der Waals surface area contributed by atoms with Crippen LogP contribution in [0.1, 0.15) is 40.0 Å². The number of nitrogens with zero attached hydrogens (tertiary/aromatic N) is 3. The van der Waals surface area contributed by atoms with E-state index in [1.54, 1.807) is 53.4 Å². The lowest BCUT2D eigenvalue weighted by Gasteiger charge is -2.38. The molecule has 2 aromatic carbocycles. The SMILES string of the molecule is CCCCCN1C(=O)N(c2cccc(Cl)c2)[C@H](N(O)C(=O)Nc2cccc(Cl)c2)C1(C)C. The summed E-state index contributed by atoms with van der Waals surface area (Å²) in [6.45, 7) is 6.27. The van der Waals surface area contributed by atoms with Gasteiger partial charge in [-0.25, -0.2) is 9.59 Å². The number of carbonyl (C=O) groups is 2. The van der Waals surface area contributed by atoms with E-state index in [1.807, 2.05) is 13.8 Å². The van der Waals surface area contributed by atoms with Crippen molar-refractivity contribution in [1.82, 2.24) is 9.96 Å². The van der Waals surface area contributed by atoms with Gasteiger partial charge < -0.3 is 10.2 Å². The zero-order chi connectivity index (χ0) is 23.5. The molecule has 1 aliphatic heterocycles. The van der Waals surface area contributed by atoms with E-state index in [0.717, 1.165) is 19.3 Å². The maximum Gasteiger partial charge on any atom is 0.347 e. The minimum Gasteiger partial charge on any atom is -0.315 e. The van der Waals surface area contributed by atoms with Gasteiger partial charge in [-0.1, -0.05) is 55.1 Å². The van der Waals surface area contributed by atoms with Gasteiger partial charge in [-0.3, -0.25) is 10.1 Å². The molecular formula is C23H28Cl2N4O3. The topological polar surface area (TPSA) is 76.1 Å². The van der Waals surface area contributed by atoms with Crippen LogP contribution in [0.2, 0.25) is 10.0 Å². The minimum absolute atomic E-state index is 0.298. The number of carbonyl (C=O) groups excluding carboxylic acids is 2. The van der Waals surface area contributed by atoms with E-state index >= 15 is 0 Å². The number of hydroxylamine groups is 2. The predicted octanol–water partition coefficient (Wildman–Crippen LogP) is 6.45. The number of benzene rings is 2. The molecule has 0 aliphatic carbocycles. The van der Waals surface area contributed by atoms with Crippen molar-refractivity contribution >= 4 is 46.6 Å². The van der Waals surface area contributed by atoms with Crippen molar-refractivity contribution in [2.75, 3.05) is 16.8 Å². The third kappa shape index (κ3) is 4.95. The molecule has 32 heavy (non-hydrogen) atoms. The van der Waals surface area contributed by atoms with Gasteiger partial charge in [-0.15, -0.1) is 0 Å². The van der Waals surface area contributed by atoms with Gasteiger partial charge in [0.1, 0.15) is 0 Å². The molecule has 1 heterocycles. The predicted molar refractivity (Wildman–Crippen MR) is 128 cm³/mol. The molecular weight excluding hydrogens is 451 g/mol. The van der Waals surface area contributed by atoms with Gasteiger partial charge in [0.15, 0.2) is 6.17 Å². The van der Waals surface area contributed by atoms with Gasteiger partial charge in [0.2, 0.25) is 0 Å². The Morgan fingerprint density at radius 2 is 1.78 bits per heavy atom. The molecule has 4 amide bonds. The average Bonchev–Trinajstić information content (AvgIpc) is 2.93. The quantitative estimate of drug-likeness (QED) is 0.272. The van der Waals surface area contributed by atoms with Crippen LogP contribution in [0.25, 0.3) is 0 Å². The number of hydrogen-bond acceptors (Lipinski definition) is 3. The molecule has 1 atom stereocenters. The molecule has 1 fully saturated rings. The van der Waals surface area contributed by atoms with E-state index in [1.165, 1.54) is 4.90 Å². The highest BCUT2D eigenvalue weighted by Crippen LogP contribution is 2.38. The molecule has 0 bridgehead atoms. The zero-order valence-electron chi connectivity index (χ0n) is 18.4. The van der Waals surface area contributed by atoms with Gasteiger partial charge in [-0.05, 0) is 56.7 Å². The Morgan fingerprint density at radius 3 is 2.41 bits per heavy atom. The normalized spacial score (nSPS) is 17.6. The summed E-state index contributed by atoms with van der Waals surface area (Å²) in [4.78, 5) is 29.6. The number of halogens is 2. The summed E-state index contributed by atoms with van der Waals surface area (Å²) in [5, 5.41) is 15.1. The van der Waals surface area contributed by atoms with Gasteiger partial charge in [0, 0.05) is 28.0 Å². The summed E-state index contributed by atoms with van der Waals surface area (Å²) < 4.78 is 0. The second kappa shape index (κ2) is 9.98. The van der Waals surface area contributed by atoms with E-state index in [9.17, 15) is 14.8 Å². The molecule has 0 saturated carbocycles. The molecule has 0 radical (unpaired) electrons. The van der Waals surface area contributed by atoms with E-state index < -0.39 is 17.7 Å². The van der Waals surface area contributed by atoms with Crippen LogP contribution in [0, 0.1) is 0 Å². The number of rotatable bonds is 7. The van der Waals surface area contributed by atoms with E-state index in [2.05, 4.69) is 12.2 Å². The van der Waals surface area contributed by atoms with Gasteiger partial charge >= 0.3 is 12.1 Å². The Hall–Kier alpha value is -2.48. The second-order valence-corrected chi connectivity index (χ2v) is 9.18. The highest BCUT2D eigenvalue weighted by molar-refractivity contribution is 6.31. The minimum atomic E-state index is -0.991. The first kappa shape index (κ1) is 24.2. The Labute approximate surface area is 198 Å². The van der Waals surface area contributed by atoms with Crippen LogP contribution < -0.4 is 10.2 Å². The highest BCUT2D eigenvalue weighted by Gasteiger charge is 2.55. The maximum atomic E-state index is 13.5. The number of amides is 4. The summed E-state index contributed by atoms with van der Waals surface area (Å²) >= 11 is 12.2. The number of unbranched alkanes of at least 4 members (excludes halogenated alkanes) is 2. The van der Waals surface area contributed by atoms with Crippen LogP contribution in [0.5, 0.6) is 0 Å². The third-order valence-corrected chi connectivity index (χ3v) is 6.07. The van der Waals surface area contributed by atoms with Crippen molar-refractivity contribution < 1.29 is 14.8 Å². The first-order valence-electron chi connectivity index (χ1n) is 10.6. The van der Waals surface area contributed by atoms with Gasteiger partial charge in [-0.2, -0.15) is 5.06 Å². The maximum absolute atomic E-state index is 13.5. The average molecular weight is 479 g/mol. The molecule has 9 heteroatoms. The lowest BCUT2D eigenvalue weighted by atomic mass is 9.99. The zero-order valence-corrected chi connectivity index (χ0v) is 19.9. The smallest absolute Gasteiger partial charge is 0.315 e. The van der Waals surface area contributed by atoms with Crippen LogP contribution in [0.15, 0.2) is 48.5 Å². The van der Waals surface area contributed by atoms with Crippen molar-refractivity contribution in [3.05, 3.63) is 58.6 Å². The monoisotopic (exact) mass is 478 g/mol. The fraction of sp³-hybridized carbons (Fsp3) is 0.391.